The molecule has 0 radical (unpaired) electrons. The summed E-state index contributed by atoms with van der Waals surface area (Å²) in [7, 11) is 3.75. The third-order valence-electron chi connectivity index (χ3n) is 5.30. The number of hydrogen-bond acceptors (Lipinski definition) is 5. The molecule has 4 aromatic rings. The maximum absolute atomic E-state index is 13.4. The summed E-state index contributed by atoms with van der Waals surface area (Å²) in [4.78, 5) is 25.9. The molecule has 7 nitrogen and oxygen atoms in total. The van der Waals surface area contributed by atoms with Crippen molar-refractivity contribution in [1.82, 2.24) is 9.58 Å². The van der Waals surface area contributed by atoms with E-state index in [0.29, 0.717) is 17.0 Å². The van der Waals surface area contributed by atoms with Gasteiger partial charge in [-0.1, -0.05) is 60.7 Å². The van der Waals surface area contributed by atoms with Crippen molar-refractivity contribution < 1.29 is 4.92 Å². The second-order valence-corrected chi connectivity index (χ2v) is 8.08. The molecule has 3 aromatic carbocycles. The van der Waals surface area contributed by atoms with Gasteiger partial charge in [-0.2, -0.15) is 9.78 Å². The molecule has 0 N–H and O–H groups in total. The number of pyridine rings is 1. The van der Waals surface area contributed by atoms with Gasteiger partial charge in [0.05, 0.1) is 16.3 Å². The highest BCUT2D eigenvalue weighted by Gasteiger charge is 2.13. The van der Waals surface area contributed by atoms with Gasteiger partial charge < -0.3 is 4.90 Å². The van der Waals surface area contributed by atoms with E-state index in [9.17, 15) is 14.9 Å². The van der Waals surface area contributed by atoms with Crippen LogP contribution in [0.2, 0.25) is 0 Å². The number of non-ortho nitro benzene ring substituents is 1. The number of nitro groups is 1. The molecule has 0 amide bonds. The second kappa shape index (κ2) is 10.4. The minimum Gasteiger partial charge on any atom is -0.383 e. The van der Waals surface area contributed by atoms with E-state index in [1.165, 1.54) is 16.8 Å². The van der Waals surface area contributed by atoms with Crippen LogP contribution in [0.4, 0.5) is 5.69 Å². The average Bonchev–Trinajstić information content (AvgIpc) is 2.88. The van der Waals surface area contributed by atoms with Crippen molar-refractivity contribution >= 4 is 11.4 Å². The molecule has 0 unspecified atom stereocenters. The lowest BCUT2D eigenvalue weighted by Crippen LogP contribution is -2.19. The number of allylic oxidation sites excluding steroid dienone is 1. The summed E-state index contributed by atoms with van der Waals surface area (Å²) in [6.45, 7) is 0. The highest BCUT2D eigenvalue weighted by Crippen LogP contribution is 2.25. The predicted octanol–water partition coefficient (Wildman–Crippen LogP) is 5.42. The van der Waals surface area contributed by atoms with Gasteiger partial charge in [-0.25, -0.2) is 0 Å². The number of nitro benzene ring substituents is 1. The van der Waals surface area contributed by atoms with Gasteiger partial charge in [0.2, 0.25) is 0 Å². The van der Waals surface area contributed by atoms with E-state index >= 15 is 0 Å². The molecule has 0 fully saturated rings. The fourth-order valence-electron chi connectivity index (χ4n) is 3.55. The summed E-state index contributed by atoms with van der Waals surface area (Å²) in [6.07, 6.45) is 3.58. The summed E-state index contributed by atoms with van der Waals surface area (Å²) in [5.41, 5.74) is 4.03. The molecule has 0 saturated heterocycles. The van der Waals surface area contributed by atoms with Crippen molar-refractivity contribution in [3.63, 3.8) is 0 Å². The lowest BCUT2D eigenvalue weighted by molar-refractivity contribution is -0.384. The minimum absolute atomic E-state index is 0.0148. The van der Waals surface area contributed by atoms with E-state index in [1.807, 2.05) is 91.9 Å². The largest absolute Gasteiger partial charge is 0.383 e. The standard InChI is InChI=1S/C28H24N4O3/c1-30(2)18-17-26(22-13-15-25(16-14-22)32(34)35)29-31-27(23-11-7-4-8-12-23)19-24(20-28(31)33)21-9-5-3-6-10-21/h3-20H,1-2H3/b18-17+,29-26+. The van der Waals surface area contributed by atoms with Gasteiger partial charge >= 0.3 is 0 Å². The van der Waals surface area contributed by atoms with Gasteiger partial charge in [0.25, 0.3) is 11.2 Å². The van der Waals surface area contributed by atoms with Crippen molar-refractivity contribution in [2.75, 3.05) is 14.1 Å². The zero-order valence-corrected chi connectivity index (χ0v) is 19.4. The first-order valence-electron chi connectivity index (χ1n) is 11.0. The number of nitrogens with zero attached hydrogens (tertiary/aromatic N) is 4. The van der Waals surface area contributed by atoms with E-state index in [0.717, 1.165) is 16.7 Å². The Kier molecular flexibility index (Phi) is 6.97. The van der Waals surface area contributed by atoms with Crippen LogP contribution in [0.25, 0.3) is 22.4 Å². The van der Waals surface area contributed by atoms with E-state index in [1.54, 1.807) is 24.3 Å². The van der Waals surface area contributed by atoms with Gasteiger partial charge in [-0.3, -0.25) is 14.9 Å². The molecule has 0 saturated carbocycles. The number of benzene rings is 3. The second-order valence-electron chi connectivity index (χ2n) is 8.08. The van der Waals surface area contributed by atoms with E-state index in [2.05, 4.69) is 0 Å². The van der Waals surface area contributed by atoms with Crippen LogP contribution in [0.1, 0.15) is 5.56 Å². The Morgan fingerprint density at radius 3 is 2.03 bits per heavy atom. The van der Waals surface area contributed by atoms with Crippen molar-refractivity contribution in [1.29, 1.82) is 0 Å². The summed E-state index contributed by atoms with van der Waals surface area (Å²) in [5, 5.41) is 15.8. The summed E-state index contributed by atoms with van der Waals surface area (Å²) in [6, 6.07) is 28.9. The zero-order valence-electron chi connectivity index (χ0n) is 19.4. The molecule has 4 rings (SSSR count). The lowest BCUT2D eigenvalue weighted by Gasteiger charge is -2.13. The Morgan fingerprint density at radius 2 is 1.46 bits per heavy atom. The molecule has 0 bridgehead atoms. The van der Waals surface area contributed by atoms with Crippen molar-refractivity contribution in [3.05, 3.63) is 135 Å². The number of aromatic nitrogens is 1. The average molecular weight is 465 g/mol. The molecule has 1 heterocycles. The van der Waals surface area contributed by atoms with Crippen molar-refractivity contribution in [2.45, 2.75) is 0 Å². The fraction of sp³-hybridized carbons (Fsp3) is 0.0714. The zero-order chi connectivity index (χ0) is 24.8. The van der Waals surface area contributed by atoms with Crippen LogP contribution in [-0.2, 0) is 0 Å². The van der Waals surface area contributed by atoms with E-state index in [4.69, 9.17) is 5.10 Å². The Balaban J connectivity index is 1.93. The normalized spacial score (nSPS) is 11.5. The summed E-state index contributed by atoms with van der Waals surface area (Å²) < 4.78 is 1.37. The smallest absolute Gasteiger partial charge is 0.272 e. The van der Waals surface area contributed by atoms with Gasteiger partial charge in [-0.15, -0.1) is 0 Å². The Bertz CT molecular complexity index is 1440. The first-order chi connectivity index (χ1) is 16.9. The molecule has 0 atom stereocenters. The number of hydrogen-bond donors (Lipinski definition) is 0. The summed E-state index contributed by atoms with van der Waals surface area (Å²) >= 11 is 0. The molecule has 174 valence electrons. The molecule has 0 aliphatic carbocycles. The molecular formula is C28H24N4O3. The third-order valence-corrected chi connectivity index (χ3v) is 5.30. The molecule has 35 heavy (non-hydrogen) atoms. The van der Waals surface area contributed by atoms with Gasteiger partial charge in [0.15, 0.2) is 0 Å². The van der Waals surface area contributed by atoms with Crippen molar-refractivity contribution in [3.8, 4) is 22.4 Å². The minimum atomic E-state index is -0.448. The van der Waals surface area contributed by atoms with E-state index < -0.39 is 4.92 Å². The van der Waals surface area contributed by atoms with Crippen LogP contribution in [0.5, 0.6) is 0 Å². The first-order valence-corrected chi connectivity index (χ1v) is 11.0. The summed E-state index contributed by atoms with van der Waals surface area (Å²) in [5.74, 6) is 0. The van der Waals surface area contributed by atoms with Gasteiger partial charge in [0, 0.05) is 49.6 Å². The maximum Gasteiger partial charge on any atom is 0.272 e. The molecule has 0 aliphatic heterocycles. The van der Waals surface area contributed by atoms with Crippen LogP contribution < -0.4 is 5.56 Å². The van der Waals surface area contributed by atoms with Crippen LogP contribution in [0.15, 0.2) is 119 Å². The molecule has 7 heteroatoms. The van der Waals surface area contributed by atoms with Gasteiger partial charge in [0.1, 0.15) is 0 Å². The van der Waals surface area contributed by atoms with Crippen LogP contribution in [-0.4, -0.2) is 34.3 Å². The molecule has 0 spiro atoms. The number of rotatable bonds is 7. The van der Waals surface area contributed by atoms with Crippen molar-refractivity contribution in [2.24, 2.45) is 5.10 Å². The fourth-order valence-corrected chi connectivity index (χ4v) is 3.55. The molecule has 0 aliphatic rings. The van der Waals surface area contributed by atoms with Crippen LogP contribution >= 0.6 is 0 Å². The lowest BCUT2D eigenvalue weighted by atomic mass is 10.0. The van der Waals surface area contributed by atoms with Gasteiger partial charge in [-0.05, 0) is 35.4 Å². The van der Waals surface area contributed by atoms with Crippen LogP contribution in [0.3, 0.4) is 0 Å². The van der Waals surface area contributed by atoms with Crippen LogP contribution in [0, 0.1) is 10.1 Å². The Labute approximate surface area is 203 Å². The quantitative estimate of drug-likeness (QED) is 0.208. The van der Waals surface area contributed by atoms with E-state index in [-0.39, 0.29) is 11.2 Å². The SMILES string of the molecule is CN(C)/C=C/C(=N\n1c(-c2ccccc2)cc(-c2ccccc2)cc1=O)c1ccc([N+](=O)[O-])cc1. The predicted molar refractivity (Wildman–Crippen MR) is 139 cm³/mol. The first kappa shape index (κ1) is 23.4. The third kappa shape index (κ3) is 5.59. The highest BCUT2D eigenvalue weighted by molar-refractivity contribution is 6.08. The highest BCUT2D eigenvalue weighted by atomic mass is 16.6. The Morgan fingerprint density at radius 1 is 0.857 bits per heavy atom. The molecular weight excluding hydrogens is 440 g/mol. The maximum atomic E-state index is 13.4. The Hall–Kier alpha value is -4.78. The molecule has 1 aromatic heterocycles. The topological polar surface area (TPSA) is 80.7 Å². The monoisotopic (exact) mass is 464 g/mol.